The van der Waals surface area contributed by atoms with Crippen LogP contribution in [0.2, 0.25) is 0 Å². The van der Waals surface area contributed by atoms with Gasteiger partial charge in [0.1, 0.15) is 18.4 Å². The lowest BCUT2D eigenvalue weighted by Crippen LogP contribution is -2.41. The fourth-order valence-corrected chi connectivity index (χ4v) is 6.53. The smallest absolute Gasteiger partial charge is 0.407 e. The number of ether oxygens (including phenoxy) is 2. The molecule has 3 atom stereocenters. The number of aromatic amines is 1. The topological polar surface area (TPSA) is 201 Å². The molecular weight excluding hydrogens is 787 g/mol. The van der Waals surface area contributed by atoms with Gasteiger partial charge in [-0.3, -0.25) is 19.0 Å². The van der Waals surface area contributed by atoms with Crippen molar-refractivity contribution < 1.29 is 37.1 Å². The van der Waals surface area contributed by atoms with Crippen LogP contribution in [0.15, 0.2) is 41.2 Å². The van der Waals surface area contributed by atoms with Gasteiger partial charge in [-0.15, -0.1) is 0 Å². The summed E-state index contributed by atoms with van der Waals surface area (Å²) in [5.74, 6) is 0.632. The normalized spacial score (nSPS) is 17.9. The molecule has 4 rings (SSSR count). The molecule has 4 amide bonds. The molecule has 0 radical (unpaired) electrons. The first-order valence-corrected chi connectivity index (χ1v) is 24.3. The summed E-state index contributed by atoms with van der Waals surface area (Å²) in [5.41, 5.74) is 1.25. The summed E-state index contributed by atoms with van der Waals surface area (Å²) < 4.78 is 38.2. The first-order chi connectivity index (χ1) is 27.1. The maximum atomic E-state index is 11.8. The molecule has 58 heavy (non-hydrogen) atoms. The van der Waals surface area contributed by atoms with E-state index < -0.39 is 26.1 Å². The first-order valence-electron chi connectivity index (χ1n) is 19.8. The molecule has 1 aliphatic carbocycles. The highest BCUT2D eigenvalue weighted by atomic mass is 32.3. The van der Waals surface area contributed by atoms with Crippen molar-refractivity contribution in [3.63, 3.8) is 0 Å². The maximum Gasteiger partial charge on any atom is 0.407 e. The number of likely N-dealkylation sites (N-methyl/N-ethyl adjacent to an activating group) is 1. The molecule has 1 saturated carbocycles. The molecule has 1 saturated heterocycles. The van der Waals surface area contributed by atoms with Crippen LogP contribution in [0.1, 0.15) is 79.6 Å². The molecule has 2 fully saturated rings. The van der Waals surface area contributed by atoms with Gasteiger partial charge in [0.05, 0.1) is 17.6 Å². The van der Waals surface area contributed by atoms with Gasteiger partial charge in [0, 0.05) is 45.9 Å². The van der Waals surface area contributed by atoms with E-state index in [-0.39, 0.29) is 41.2 Å². The predicted molar refractivity (Wildman–Crippen MR) is 234 cm³/mol. The van der Waals surface area contributed by atoms with E-state index in [4.69, 9.17) is 9.47 Å². The molecule has 0 bridgehead atoms. The van der Waals surface area contributed by atoms with Gasteiger partial charge >= 0.3 is 22.0 Å². The summed E-state index contributed by atoms with van der Waals surface area (Å²) in [6.07, 6.45) is 18.4. The number of likely N-dealkylation sites (tertiary alicyclic amines) is 1. The summed E-state index contributed by atoms with van der Waals surface area (Å²) in [5, 5.41) is 5.07. The van der Waals surface area contributed by atoms with Crippen LogP contribution in [0.25, 0.3) is 11.0 Å². The van der Waals surface area contributed by atoms with Gasteiger partial charge in [-0.05, 0) is 96.6 Å². The fourth-order valence-electron chi connectivity index (χ4n) is 5.33. The number of allylic oxidation sites excluding steroid dienone is 2. The van der Waals surface area contributed by atoms with E-state index in [9.17, 15) is 32.4 Å². The number of hydrogen-bond acceptors (Lipinski definition) is 9. The summed E-state index contributed by atoms with van der Waals surface area (Å²) >= 11 is 0. The molecule has 1 aromatic carbocycles. The molecule has 18 heteroatoms. The van der Waals surface area contributed by atoms with Crippen molar-refractivity contribution in [3.8, 4) is 0 Å². The van der Waals surface area contributed by atoms with E-state index in [1.807, 2.05) is 58.0 Å². The summed E-state index contributed by atoms with van der Waals surface area (Å²) in [7, 11) is 0.193. The third-order valence-electron chi connectivity index (χ3n) is 8.69. The van der Waals surface area contributed by atoms with Crippen LogP contribution in [0, 0.1) is 11.8 Å². The summed E-state index contributed by atoms with van der Waals surface area (Å²) in [4.78, 5) is 60.0. The van der Waals surface area contributed by atoms with Gasteiger partial charge in [0.15, 0.2) is 0 Å². The molecule has 2 aromatic rings. The zero-order chi connectivity index (χ0) is 44.1. The van der Waals surface area contributed by atoms with Crippen LogP contribution in [0.3, 0.4) is 0 Å². The summed E-state index contributed by atoms with van der Waals surface area (Å²) in [6, 6.07) is 7.42. The van der Waals surface area contributed by atoms with E-state index >= 15 is 0 Å². The Kier molecular flexibility index (Phi) is 23.0. The quantitative estimate of drug-likeness (QED) is 0.106. The predicted octanol–water partition coefficient (Wildman–Crippen LogP) is 4.56. The minimum Gasteiger partial charge on any atom is -0.444 e. The minimum atomic E-state index is -3.65. The minimum absolute atomic E-state index is 0.0606. The van der Waals surface area contributed by atoms with Crippen molar-refractivity contribution in [2.45, 2.75) is 97.9 Å². The molecule has 4 N–H and O–H groups in total. The number of imidazole rings is 1. The molecule has 1 aromatic heterocycles. The third-order valence-corrected chi connectivity index (χ3v) is 11.5. The third kappa shape index (κ3) is 20.7. The number of nitrogens with one attached hydrogen (secondary N) is 4. The van der Waals surface area contributed by atoms with Crippen molar-refractivity contribution in [2.75, 3.05) is 65.4 Å². The number of carbonyl (C=O) groups excluding carboxylic acids is 4. The zero-order valence-electron chi connectivity index (χ0n) is 36.6. The Labute approximate surface area is 347 Å². The van der Waals surface area contributed by atoms with E-state index in [1.165, 1.54) is 33.4 Å². The number of nitrogens with zero attached hydrogens (tertiary/aromatic N) is 3. The number of hydrogen-bond donors (Lipinski definition) is 4. The molecule has 0 spiro atoms. The van der Waals surface area contributed by atoms with Crippen LogP contribution in [-0.2, 0) is 40.8 Å². The van der Waals surface area contributed by atoms with Crippen LogP contribution < -0.4 is 21.0 Å². The number of unbranched alkanes of at least 4 members (excludes halogenated alkanes) is 3. The molecule has 1 aliphatic heterocycles. The van der Waals surface area contributed by atoms with E-state index in [1.54, 1.807) is 16.5 Å². The second kappa shape index (κ2) is 25.6. The standard InChI is InChI=1S/C13H24N2O3S.C13H20N2O2S.C7H12N2O2.C7H15NO2/c1-4-5-6-7-8-9-11-10-12(11)13(16)14-19(17,18)15(2)3;1-18(2,3)9-8-17-10-15-12-7-5-4-6-11(12)14-13(15)16;1-8-7(11)6-3-2-4-9(6)5-10;1-5-8-6(9)10-7(2,3)4/h8-9,11-12H,4-7,10H2,1-3H3,(H,14,16);4-7H,8-10H2,1-3H3,(H,14,16);5-6H,2-4H2,1H3,(H,8,11);5H2,1-4H3,(H,8,9)/b9-8-;;;/t11?,12-;;;/m0.../s1. The lowest BCUT2D eigenvalue weighted by atomic mass is 10.2. The van der Waals surface area contributed by atoms with Crippen molar-refractivity contribution >= 4 is 55.6 Å². The van der Waals surface area contributed by atoms with Crippen molar-refractivity contribution in [3.05, 3.63) is 46.9 Å². The van der Waals surface area contributed by atoms with Crippen LogP contribution in [-0.4, -0.2) is 128 Å². The highest BCUT2D eigenvalue weighted by molar-refractivity contribution is 8.32. The number of fused-ring (bicyclic) bond motifs is 1. The number of benzene rings is 1. The number of rotatable bonds is 16. The zero-order valence-corrected chi connectivity index (χ0v) is 38.2. The van der Waals surface area contributed by atoms with Crippen LogP contribution >= 0.6 is 10.0 Å². The molecular formula is C40H71N7O9S2. The van der Waals surface area contributed by atoms with E-state index in [0.29, 0.717) is 26.4 Å². The Morgan fingerprint density at radius 3 is 2.29 bits per heavy atom. The number of para-hydroxylation sites is 2. The van der Waals surface area contributed by atoms with Gasteiger partial charge in [0.2, 0.25) is 18.2 Å². The Bertz CT molecular complexity index is 1760. The monoisotopic (exact) mass is 857 g/mol. The second-order valence-corrected chi connectivity index (χ2v) is 22.5. The van der Waals surface area contributed by atoms with Gasteiger partial charge < -0.3 is 30.0 Å². The second-order valence-electron chi connectivity index (χ2n) is 16.0. The first kappa shape index (κ1) is 52.1. The fraction of sp³-hybridized carbons (Fsp3) is 0.675. The number of carbonyl (C=O) groups is 4. The number of alkyl carbamates (subject to hydrolysis) is 1. The highest BCUT2D eigenvalue weighted by Gasteiger charge is 2.42. The molecule has 2 heterocycles. The average Bonchev–Trinajstić information content (AvgIpc) is 3.62. The van der Waals surface area contributed by atoms with E-state index in [2.05, 4.69) is 52.1 Å². The van der Waals surface area contributed by atoms with E-state index in [0.717, 1.165) is 53.2 Å². The van der Waals surface area contributed by atoms with Crippen molar-refractivity contribution in [2.24, 2.45) is 11.8 Å². The molecule has 2 unspecified atom stereocenters. The Balaban J connectivity index is 0.000000401. The Morgan fingerprint density at radius 2 is 1.72 bits per heavy atom. The number of aromatic nitrogens is 2. The van der Waals surface area contributed by atoms with Crippen molar-refractivity contribution in [1.29, 1.82) is 0 Å². The molecule has 332 valence electrons. The highest BCUT2D eigenvalue weighted by Crippen LogP contribution is 2.40. The molecule has 16 nitrogen and oxygen atoms in total. The largest absolute Gasteiger partial charge is 0.444 e. The summed E-state index contributed by atoms with van der Waals surface area (Å²) in [6.45, 7) is 11.9. The molecule has 2 aliphatic rings. The van der Waals surface area contributed by atoms with Gasteiger partial charge in [-0.2, -0.15) is 12.7 Å². The Hall–Kier alpha value is -3.87. The van der Waals surface area contributed by atoms with Crippen LogP contribution in [0.4, 0.5) is 4.79 Å². The number of H-pyrrole nitrogens is 1. The van der Waals surface area contributed by atoms with Crippen molar-refractivity contribution in [1.82, 2.24) is 34.1 Å². The van der Waals surface area contributed by atoms with Gasteiger partial charge in [-0.25, -0.2) is 24.3 Å². The number of amides is 4. The lowest BCUT2D eigenvalue weighted by molar-refractivity contribution is -0.130. The maximum absolute atomic E-state index is 11.8. The Morgan fingerprint density at radius 1 is 1.05 bits per heavy atom. The van der Waals surface area contributed by atoms with Gasteiger partial charge in [-0.1, -0.05) is 44.1 Å². The van der Waals surface area contributed by atoms with Gasteiger partial charge in [0.25, 0.3) is 0 Å². The lowest BCUT2D eigenvalue weighted by Gasteiger charge is -2.24. The average molecular weight is 858 g/mol. The van der Waals surface area contributed by atoms with Crippen LogP contribution in [0.5, 0.6) is 0 Å². The SMILES string of the molecule is CCCCC/C=C\C1C[C@@H]1C(=O)NS(=O)(=O)N(C)C.CCNC(=O)OC(C)(C)C.CNC(=O)C1CCCN1C=O.CS(C)(C)CCOCn1c(=O)[nH]c2ccccc21.